The number of benzene rings is 2. The Labute approximate surface area is 144 Å². The molecule has 2 aromatic rings. The topological polar surface area (TPSA) is 70.2 Å². The summed E-state index contributed by atoms with van der Waals surface area (Å²) in [5.74, 6) is -0.568. The van der Waals surface area contributed by atoms with Crippen molar-refractivity contribution < 1.29 is 9.59 Å². The van der Waals surface area contributed by atoms with Gasteiger partial charge in [-0.2, -0.15) is 0 Å². The number of rotatable bonds is 3. The van der Waals surface area contributed by atoms with Crippen LogP contribution in [0.5, 0.6) is 0 Å². The first kappa shape index (κ1) is 16.9. The molecule has 0 bridgehead atoms. The van der Waals surface area contributed by atoms with Crippen molar-refractivity contribution in [3.8, 4) is 0 Å². The molecule has 0 aliphatic carbocycles. The number of anilines is 1. The van der Waals surface area contributed by atoms with Crippen molar-refractivity contribution in [1.82, 2.24) is 10.6 Å². The van der Waals surface area contributed by atoms with Gasteiger partial charge < -0.3 is 10.6 Å². The van der Waals surface area contributed by atoms with E-state index in [9.17, 15) is 9.59 Å². The summed E-state index contributed by atoms with van der Waals surface area (Å²) in [6.45, 7) is 0. The summed E-state index contributed by atoms with van der Waals surface area (Å²) in [6.07, 6.45) is 0. The summed E-state index contributed by atoms with van der Waals surface area (Å²) in [4.78, 5) is 23.5. The third kappa shape index (κ3) is 4.51. The van der Waals surface area contributed by atoms with Crippen LogP contribution < -0.4 is 16.0 Å². The third-order valence-corrected chi connectivity index (χ3v) is 3.51. The predicted octanol–water partition coefficient (Wildman–Crippen LogP) is 2.83. The van der Waals surface area contributed by atoms with Crippen LogP contribution in [0.25, 0.3) is 0 Å². The molecular weight excluding hydrogens is 334 g/mol. The molecule has 3 N–H and O–H groups in total. The van der Waals surface area contributed by atoms with E-state index >= 15 is 0 Å². The fourth-order valence-corrected chi connectivity index (χ4v) is 2.26. The monoisotopic (exact) mass is 347 g/mol. The van der Waals surface area contributed by atoms with Gasteiger partial charge in [0.25, 0.3) is 11.8 Å². The summed E-state index contributed by atoms with van der Waals surface area (Å²) < 4.78 is 0. The standard InChI is InChI=1S/C16H14ClN3O2S/c1-18-14(21)10-6-8-11(9-7-10)19-16(23)20-15(22)12-4-2-3-5-13(12)17/h2-9H,1H3,(H,18,21)(H2,19,20,22,23). The lowest BCUT2D eigenvalue weighted by atomic mass is 10.2. The normalized spacial score (nSPS) is 9.83. The molecule has 0 aliphatic heterocycles. The summed E-state index contributed by atoms with van der Waals surface area (Å²) >= 11 is 11.1. The molecule has 7 heteroatoms. The van der Waals surface area contributed by atoms with Gasteiger partial charge in [-0.3, -0.25) is 14.9 Å². The highest BCUT2D eigenvalue weighted by atomic mass is 35.5. The van der Waals surface area contributed by atoms with E-state index in [0.29, 0.717) is 21.8 Å². The Hall–Kier alpha value is -2.44. The summed E-state index contributed by atoms with van der Waals surface area (Å²) in [7, 11) is 1.56. The quantitative estimate of drug-likeness (QED) is 0.747. The van der Waals surface area contributed by atoms with E-state index in [-0.39, 0.29) is 11.0 Å². The number of carbonyl (C=O) groups is 2. The van der Waals surface area contributed by atoms with Crippen LogP contribution in [0.1, 0.15) is 20.7 Å². The minimum atomic E-state index is -0.393. The molecule has 2 aromatic carbocycles. The van der Waals surface area contributed by atoms with Crippen LogP contribution in [0.15, 0.2) is 48.5 Å². The molecule has 0 spiro atoms. The zero-order chi connectivity index (χ0) is 16.8. The highest BCUT2D eigenvalue weighted by molar-refractivity contribution is 7.80. The zero-order valence-electron chi connectivity index (χ0n) is 12.2. The maximum Gasteiger partial charge on any atom is 0.258 e. The van der Waals surface area contributed by atoms with Crippen molar-refractivity contribution >= 4 is 46.4 Å². The Morgan fingerprint density at radius 3 is 2.26 bits per heavy atom. The second kappa shape index (κ2) is 7.71. The molecule has 0 saturated heterocycles. The Kier molecular flexibility index (Phi) is 5.67. The molecule has 0 fully saturated rings. The number of hydrogen-bond acceptors (Lipinski definition) is 3. The van der Waals surface area contributed by atoms with E-state index in [2.05, 4.69) is 16.0 Å². The predicted molar refractivity (Wildman–Crippen MR) is 95.0 cm³/mol. The summed E-state index contributed by atoms with van der Waals surface area (Å²) in [6, 6.07) is 13.4. The number of hydrogen-bond donors (Lipinski definition) is 3. The van der Waals surface area contributed by atoms with E-state index in [1.165, 1.54) is 0 Å². The second-order valence-corrected chi connectivity index (χ2v) is 5.36. The lowest BCUT2D eigenvalue weighted by Crippen LogP contribution is -2.34. The maximum absolute atomic E-state index is 12.1. The molecule has 0 heterocycles. The van der Waals surface area contributed by atoms with Crippen LogP contribution in [0.4, 0.5) is 5.69 Å². The summed E-state index contributed by atoms with van der Waals surface area (Å²) in [5, 5.41) is 8.45. The lowest BCUT2D eigenvalue weighted by molar-refractivity contribution is 0.0959. The van der Waals surface area contributed by atoms with Crippen LogP contribution >= 0.6 is 23.8 Å². The largest absolute Gasteiger partial charge is 0.355 e. The number of amides is 2. The second-order valence-electron chi connectivity index (χ2n) is 4.54. The van der Waals surface area contributed by atoms with E-state index in [1.807, 2.05) is 0 Å². The van der Waals surface area contributed by atoms with Crippen molar-refractivity contribution in [2.45, 2.75) is 0 Å². The third-order valence-electron chi connectivity index (χ3n) is 2.98. The first-order valence-corrected chi connectivity index (χ1v) is 7.49. The van der Waals surface area contributed by atoms with E-state index in [0.717, 1.165) is 0 Å². The van der Waals surface area contributed by atoms with Crippen molar-refractivity contribution in [3.05, 3.63) is 64.7 Å². The molecule has 2 amide bonds. The fourth-order valence-electron chi connectivity index (χ4n) is 1.83. The first-order chi connectivity index (χ1) is 11.0. The zero-order valence-corrected chi connectivity index (χ0v) is 13.8. The average Bonchev–Trinajstić information content (AvgIpc) is 2.55. The SMILES string of the molecule is CNC(=O)c1ccc(NC(=S)NC(=O)c2ccccc2Cl)cc1. The van der Waals surface area contributed by atoms with Gasteiger partial charge in [0.05, 0.1) is 10.6 Å². The Balaban J connectivity index is 1.98. The Morgan fingerprint density at radius 2 is 1.65 bits per heavy atom. The van der Waals surface area contributed by atoms with Crippen LogP contribution in [0, 0.1) is 0 Å². The van der Waals surface area contributed by atoms with Gasteiger partial charge in [0, 0.05) is 18.3 Å². The highest BCUT2D eigenvalue weighted by Crippen LogP contribution is 2.15. The molecule has 0 aromatic heterocycles. The number of nitrogens with one attached hydrogen (secondary N) is 3. The van der Waals surface area contributed by atoms with Gasteiger partial charge in [0.2, 0.25) is 0 Å². The smallest absolute Gasteiger partial charge is 0.258 e. The number of carbonyl (C=O) groups excluding carboxylic acids is 2. The average molecular weight is 348 g/mol. The Morgan fingerprint density at radius 1 is 1.00 bits per heavy atom. The van der Waals surface area contributed by atoms with Gasteiger partial charge in [-0.1, -0.05) is 23.7 Å². The first-order valence-electron chi connectivity index (χ1n) is 6.70. The van der Waals surface area contributed by atoms with Gasteiger partial charge in [-0.05, 0) is 48.6 Å². The van der Waals surface area contributed by atoms with E-state index < -0.39 is 5.91 Å². The van der Waals surface area contributed by atoms with Crippen LogP contribution in [-0.2, 0) is 0 Å². The minimum Gasteiger partial charge on any atom is -0.355 e. The van der Waals surface area contributed by atoms with Gasteiger partial charge in [0.15, 0.2) is 5.11 Å². The van der Waals surface area contributed by atoms with Crippen LogP contribution in [0.3, 0.4) is 0 Å². The minimum absolute atomic E-state index is 0.141. The van der Waals surface area contributed by atoms with Gasteiger partial charge in [-0.15, -0.1) is 0 Å². The molecule has 0 atom stereocenters. The van der Waals surface area contributed by atoms with Gasteiger partial charge >= 0.3 is 0 Å². The van der Waals surface area contributed by atoms with Gasteiger partial charge in [0.1, 0.15) is 0 Å². The van der Waals surface area contributed by atoms with Gasteiger partial charge in [-0.25, -0.2) is 0 Å². The highest BCUT2D eigenvalue weighted by Gasteiger charge is 2.11. The molecular formula is C16H14ClN3O2S. The number of thiocarbonyl (C=S) groups is 1. The van der Waals surface area contributed by atoms with Crippen molar-refractivity contribution in [2.24, 2.45) is 0 Å². The molecule has 0 unspecified atom stereocenters. The fraction of sp³-hybridized carbons (Fsp3) is 0.0625. The maximum atomic E-state index is 12.1. The molecule has 23 heavy (non-hydrogen) atoms. The van der Waals surface area contributed by atoms with Crippen molar-refractivity contribution in [3.63, 3.8) is 0 Å². The molecule has 2 rings (SSSR count). The van der Waals surface area contributed by atoms with Crippen molar-refractivity contribution in [2.75, 3.05) is 12.4 Å². The lowest BCUT2D eigenvalue weighted by Gasteiger charge is -2.10. The molecule has 0 saturated carbocycles. The Bertz CT molecular complexity index is 747. The van der Waals surface area contributed by atoms with Crippen LogP contribution in [0.2, 0.25) is 5.02 Å². The molecule has 118 valence electrons. The number of halogens is 1. The van der Waals surface area contributed by atoms with Crippen molar-refractivity contribution in [1.29, 1.82) is 0 Å². The molecule has 0 aliphatic rings. The molecule has 0 radical (unpaired) electrons. The summed E-state index contributed by atoms with van der Waals surface area (Å²) in [5.41, 5.74) is 1.53. The molecule has 5 nitrogen and oxygen atoms in total. The van der Waals surface area contributed by atoms with E-state index in [1.54, 1.807) is 55.6 Å². The van der Waals surface area contributed by atoms with E-state index in [4.69, 9.17) is 23.8 Å². The van der Waals surface area contributed by atoms with Crippen LogP contribution in [-0.4, -0.2) is 24.0 Å².